The smallest absolute Gasteiger partial charge is 0.220 e. The first-order chi connectivity index (χ1) is 18.2. The number of carbonyl (C=O) groups excluding carboxylic acids is 1. The maximum atomic E-state index is 12.1. The summed E-state index contributed by atoms with van der Waals surface area (Å²) in [6.45, 7) is 4.14. The first kappa shape index (κ1) is 35.6. The summed E-state index contributed by atoms with van der Waals surface area (Å²) in [7, 11) is 0. The minimum absolute atomic E-state index is 0.0806. The van der Waals surface area contributed by atoms with Crippen molar-refractivity contribution < 1.29 is 15.0 Å². The van der Waals surface area contributed by atoms with Gasteiger partial charge in [0.15, 0.2) is 0 Å². The predicted molar refractivity (Wildman–Crippen MR) is 161 cm³/mol. The summed E-state index contributed by atoms with van der Waals surface area (Å²) in [5.74, 6) is -0.0806. The first-order valence-electron chi connectivity index (χ1n) is 15.7. The van der Waals surface area contributed by atoms with Crippen LogP contribution in [0.4, 0.5) is 0 Å². The van der Waals surface area contributed by atoms with E-state index < -0.39 is 12.1 Å². The third-order valence-corrected chi connectivity index (χ3v) is 6.87. The molecule has 0 heterocycles. The predicted octanol–water partition coefficient (Wildman–Crippen LogP) is 8.72. The van der Waals surface area contributed by atoms with Gasteiger partial charge in [0.05, 0.1) is 18.8 Å². The lowest BCUT2D eigenvalue weighted by Gasteiger charge is -2.19. The van der Waals surface area contributed by atoms with Gasteiger partial charge >= 0.3 is 0 Å². The van der Waals surface area contributed by atoms with Crippen molar-refractivity contribution in [1.82, 2.24) is 5.32 Å². The van der Waals surface area contributed by atoms with Crippen LogP contribution in [-0.2, 0) is 4.79 Å². The van der Waals surface area contributed by atoms with Crippen LogP contribution in [0.1, 0.15) is 149 Å². The summed E-state index contributed by atoms with van der Waals surface area (Å²) in [5, 5.41) is 22.4. The van der Waals surface area contributed by atoms with Crippen LogP contribution in [-0.4, -0.2) is 34.9 Å². The quantitative estimate of drug-likeness (QED) is 0.0750. The van der Waals surface area contributed by atoms with Gasteiger partial charge in [0.1, 0.15) is 0 Å². The standard InChI is InChI=1S/C33H61NO3/c1-3-5-7-9-10-11-12-13-14-15-16-17-18-19-20-21-22-23-24-25-27-29-33(37)34-31(30-35)32(36)28-26-8-6-4-2/h12-13,15-16,26,28,31-32,35-36H,3-11,14,17-25,27,29-30H2,1-2H3,(H,34,37)/b13-12-,16-15-,28-26+. The number of unbranched alkanes of at least 4 members (excludes halogenated alkanes) is 16. The van der Waals surface area contributed by atoms with Crippen LogP contribution in [0.3, 0.4) is 0 Å². The van der Waals surface area contributed by atoms with Crippen molar-refractivity contribution in [3.8, 4) is 0 Å². The Labute approximate surface area is 230 Å². The zero-order valence-corrected chi connectivity index (χ0v) is 24.5. The molecule has 0 aromatic rings. The van der Waals surface area contributed by atoms with E-state index in [0.29, 0.717) is 6.42 Å². The summed E-state index contributed by atoms with van der Waals surface area (Å²) >= 11 is 0. The minimum Gasteiger partial charge on any atom is -0.394 e. The molecule has 0 aliphatic heterocycles. The van der Waals surface area contributed by atoms with E-state index in [9.17, 15) is 15.0 Å². The van der Waals surface area contributed by atoms with Gasteiger partial charge in [-0.05, 0) is 44.9 Å². The molecule has 0 bridgehead atoms. The van der Waals surface area contributed by atoms with Gasteiger partial charge in [0.25, 0.3) is 0 Å². The highest BCUT2D eigenvalue weighted by molar-refractivity contribution is 5.76. The van der Waals surface area contributed by atoms with Crippen LogP contribution < -0.4 is 5.32 Å². The second-order valence-corrected chi connectivity index (χ2v) is 10.5. The number of aliphatic hydroxyl groups excluding tert-OH is 2. The van der Waals surface area contributed by atoms with E-state index in [-0.39, 0.29) is 12.5 Å². The van der Waals surface area contributed by atoms with E-state index in [1.54, 1.807) is 6.08 Å². The molecule has 0 aromatic heterocycles. The molecule has 0 spiro atoms. The van der Waals surface area contributed by atoms with Crippen molar-refractivity contribution in [3.63, 3.8) is 0 Å². The number of aliphatic hydroxyl groups is 2. The van der Waals surface area contributed by atoms with Crippen LogP contribution in [0.2, 0.25) is 0 Å². The van der Waals surface area contributed by atoms with E-state index in [4.69, 9.17) is 0 Å². The average molecular weight is 520 g/mol. The number of nitrogens with one attached hydrogen (secondary N) is 1. The molecule has 0 fully saturated rings. The van der Waals surface area contributed by atoms with Crippen molar-refractivity contribution >= 4 is 5.91 Å². The van der Waals surface area contributed by atoms with Gasteiger partial charge in [0.2, 0.25) is 5.91 Å². The molecule has 216 valence electrons. The fraction of sp³-hybridized carbons (Fsp3) is 0.788. The third-order valence-electron chi connectivity index (χ3n) is 6.87. The second kappa shape index (κ2) is 29.2. The molecule has 0 saturated heterocycles. The molecule has 37 heavy (non-hydrogen) atoms. The normalized spacial score (nSPS) is 13.7. The lowest BCUT2D eigenvalue weighted by atomic mass is 10.1. The molecule has 4 heteroatoms. The average Bonchev–Trinajstić information content (AvgIpc) is 2.90. The molecule has 0 aliphatic rings. The summed E-state index contributed by atoms with van der Waals surface area (Å²) in [6.07, 6.45) is 36.9. The van der Waals surface area contributed by atoms with Gasteiger partial charge in [-0.15, -0.1) is 0 Å². The maximum Gasteiger partial charge on any atom is 0.220 e. The molecule has 1 amide bonds. The molecule has 0 rings (SSSR count). The molecular formula is C33H61NO3. The van der Waals surface area contributed by atoms with Gasteiger partial charge in [-0.2, -0.15) is 0 Å². The number of hydrogen-bond donors (Lipinski definition) is 3. The Morgan fingerprint density at radius 3 is 1.68 bits per heavy atom. The van der Waals surface area contributed by atoms with Gasteiger partial charge in [-0.1, -0.05) is 134 Å². The van der Waals surface area contributed by atoms with E-state index in [2.05, 4.69) is 43.5 Å². The van der Waals surface area contributed by atoms with Gasteiger partial charge in [-0.3, -0.25) is 4.79 Å². The number of rotatable bonds is 27. The van der Waals surface area contributed by atoms with Crippen molar-refractivity contribution in [2.75, 3.05) is 6.61 Å². The number of carbonyl (C=O) groups is 1. The summed E-state index contributed by atoms with van der Waals surface area (Å²) in [4.78, 5) is 12.1. The van der Waals surface area contributed by atoms with E-state index in [1.807, 2.05) is 6.08 Å². The Morgan fingerprint density at radius 2 is 1.14 bits per heavy atom. The SMILES string of the molecule is CCCC/C=C/C(O)C(CO)NC(=O)CCCCCCCCCCC/C=C\C/C=C\CCCCCCC. The fourth-order valence-corrected chi connectivity index (χ4v) is 4.37. The Hall–Kier alpha value is -1.39. The topological polar surface area (TPSA) is 69.6 Å². The highest BCUT2D eigenvalue weighted by Gasteiger charge is 2.17. The Kier molecular flexibility index (Phi) is 28.1. The number of hydrogen-bond acceptors (Lipinski definition) is 3. The van der Waals surface area contributed by atoms with Gasteiger partial charge < -0.3 is 15.5 Å². The van der Waals surface area contributed by atoms with Crippen molar-refractivity contribution in [2.45, 2.75) is 161 Å². The summed E-state index contributed by atoms with van der Waals surface area (Å²) < 4.78 is 0. The van der Waals surface area contributed by atoms with Crippen molar-refractivity contribution in [1.29, 1.82) is 0 Å². The minimum atomic E-state index is -0.835. The summed E-state index contributed by atoms with van der Waals surface area (Å²) in [5.41, 5.74) is 0. The molecule has 0 aliphatic carbocycles. The van der Waals surface area contributed by atoms with Gasteiger partial charge in [-0.25, -0.2) is 0 Å². The van der Waals surface area contributed by atoms with E-state index in [1.165, 1.54) is 89.9 Å². The molecule has 2 unspecified atom stereocenters. The molecule has 0 radical (unpaired) electrons. The van der Waals surface area contributed by atoms with Crippen LogP contribution in [0.25, 0.3) is 0 Å². The Balaban J connectivity index is 3.51. The van der Waals surface area contributed by atoms with Crippen molar-refractivity contribution in [2.24, 2.45) is 0 Å². The van der Waals surface area contributed by atoms with Crippen LogP contribution in [0.15, 0.2) is 36.5 Å². The van der Waals surface area contributed by atoms with Crippen LogP contribution in [0.5, 0.6) is 0 Å². The highest BCUT2D eigenvalue weighted by atomic mass is 16.3. The van der Waals surface area contributed by atoms with Crippen molar-refractivity contribution in [3.05, 3.63) is 36.5 Å². The van der Waals surface area contributed by atoms with Crippen LogP contribution >= 0.6 is 0 Å². The maximum absolute atomic E-state index is 12.1. The molecule has 4 nitrogen and oxygen atoms in total. The third kappa shape index (κ3) is 26.0. The lowest BCUT2D eigenvalue weighted by molar-refractivity contribution is -0.123. The van der Waals surface area contributed by atoms with E-state index in [0.717, 1.165) is 38.5 Å². The van der Waals surface area contributed by atoms with Gasteiger partial charge in [0, 0.05) is 6.42 Å². The second-order valence-electron chi connectivity index (χ2n) is 10.5. The summed E-state index contributed by atoms with van der Waals surface area (Å²) in [6, 6.07) is -0.618. The number of amides is 1. The monoisotopic (exact) mass is 519 g/mol. The molecule has 0 saturated carbocycles. The Bertz CT molecular complexity index is 570. The van der Waals surface area contributed by atoms with Crippen LogP contribution in [0, 0.1) is 0 Å². The van der Waals surface area contributed by atoms with E-state index >= 15 is 0 Å². The first-order valence-corrected chi connectivity index (χ1v) is 15.7. The zero-order chi connectivity index (χ0) is 27.2. The highest BCUT2D eigenvalue weighted by Crippen LogP contribution is 2.12. The molecule has 3 N–H and O–H groups in total. The number of allylic oxidation sites excluding steroid dienone is 5. The molecular weight excluding hydrogens is 458 g/mol. The molecule has 0 aromatic carbocycles. The Morgan fingerprint density at radius 1 is 0.649 bits per heavy atom. The fourth-order valence-electron chi connectivity index (χ4n) is 4.37. The molecule has 2 atom stereocenters. The largest absolute Gasteiger partial charge is 0.394 e. The zero-order valence-electron chi connectivity index (χ0n) is 24.5. The lowest BCUT2D eigenvalue weighted by Crippen LogP contribution is -2.45.